The Balaban J connectivity index is 1.62. The van der Waals surface area contributed by atoms with Gasteiger partial charge in [0.05, 0.1) is 18.7 Å². The van der Waals surface area contributed by atoms with Crippen LogP contribution in [-0.4, -0.2) is 47.2 Å². The number of likely N-dealkylation sites (tertiary alicyclic amines) is 1. The lowest BCUT2D eigenvalue weighted by atomic mass is 9.72. The normalized spacial score (nSPS) is 23.1. The van der Waals surface area contributed by atoms with Gasteiger partial charge >= 0.3 is 6.03 Å². The van der Waals surface area contributed by atoms with Crippen molar-refractivity contribution in [3.8, 4) is 0 Å². The molecule has 6 nitrogen and oxygen atoms in total. The highest BCUT2D eigenvalue weighted by Crippen LogP contribution is 2.48. The zero-order valence-electron chi connectivity index (χ0n) is 14.8. The molecule has 0 bridgehead atoms. The average molecular weight is 369 g/mol. The number of nitrogens with one attached hydrogen (secondary N) is 1. The van der Waals surface area contributed by atoms with Crippen molar-refractivity contribution in [2.45, 2.75) is 24.9 Å². The average Bonchev–Trinajstić information content (AvgIpc) is 2.63. The third-order valence-electron chi connectivity index (χ3n) is 5.40. The van der Waals surface area contributed by atoms with Gasteiger partial charge in [-0.05, 0) is 35.9 Å². The molecule has 0 unspecified atom stereocenters. The Kier molecular flexibility index (Phi) is 4.31. The molecule has 27 heavy (non-hydrogen) atoms. The second kappa shape index (κ2) is 6.66. The first-order valence-electron chi connectivity index (χ1n) is 8.84. The number of hydrogen-bond donors (Lipinski definition) is 2. The Morgan fingerprint density at radius 3 is 2.56 bits per heavy atom. The van der Waals surface area contributed by atoms with Crippen molar-refractivity contribution in [3.05, 3.63) is 59.9 Å². The first-order valence-corrected chi connectivity index (χ1v) is 8.84. The first-order chi connectivity index (χ1) is 13.0. The molecule has 140 valence electrons. The number of urea groups is 1. The lowest BCUT2D eigenvalue weighted by Gasteiger charge is -2.58. The van der Waals surface area contributed by atoms with Gasteiger partial charge < -0.3 is 20.2 Å². The van der Waals surface area contributed by atoms with Crippen LogP contribution in [0.1, 0.15) is 18.4 Å². The van der Waals surface area contributed by atoms with Crippen LogP contribution in [0.15, 0.2) is 48.5 Å². The summed E-state index contributed by atoms with van der Waals surface area (Å²) >= 11 is 0. The van der Waals surface area contributed by atoms with Crippen molar-refractivity contribution < 1.29 is 19.1 Å². The minimum absolute atomic E-state index is 0.0271. The highest BCUT2D eigenvalue weighted by Gasteiger charge is 2.55. The van der Waals surface area contributed by atoms with Crippen LogP contribution in [0.3, 0.4) is 0 Å². The number of aliphatic hydroxyl groups is 1. The summed E-state index contributed by atoms with van der Waals surface area (Å²) in [6, 6.07) is 12.2. The van der Waals surface area contributed by atoms with Crippen LogP contribution in [0.4, 0.5) is 20.6 Å². The van der Waals surface area contributed by atoms with Gasteiger partial charge in [0.15, 0.2) is 0 Å². The number of halogens is 1. The number of amides is 3. The van der Waals surface area contributed by atoms with E-state index in [4.69, 9.17) is 0 Å². The Morgan fingerprint density at radius 1 is 1.19 bits per heavy atom. The Bertz CT molecular complexity index is 886. The summed E-state index contributed by atoms with van der Waals surface area (Å²) in [7, 11) is 0. The summed E-state index contributed by atoms with van der Waals surface area (Å²) < 4.78 is 13.1. The molecule has 2 N–H and O–H groups in total. The highest BCUT2D eigenvalue weighted by atomic mass is 19.1. The van der Waals surface area contributed by atoms with Crippen molar-refractivity contribution in [1.29, 1.82) is 0 Å². The maximum absolute atomic E-state index is 13.1. The fourth-order valence-electron chi connectivity index (χ4n) is 4.19. The number of para-hydroxylation sites is 1. The summed E-state index contributed by atoms with van der Waals surface area (Å²) in [4.78, 5) is 28.2. The lowest BCUT2D eigenvalue weighted by Crippen LogP contribution is -2.71. The van der Waals surface area contributed by atoms with Gasteiger partial charge in [-0.2, -0.15) is 0 Å². The Hall–Kier alpha value is -2.93. The van der Waals surface area contributed by atoms with E-state index in [1.54, 1.807) is 9.80 Å². The zero-order chi connectivity index (χ0) is 19.1. The molecule has 2 aliphatic heterocycles. The molecule has 1 saturated heterocycles. The predicted octanol–water partition coefficient (Wildman–Crippen LogP) is 2.55. The van der Waals surface area contributed by atoms with Crippen molar-refractivity contribution in [2.75, 3.05) is 23.4 Å². The quantitative estimate of drug-likeness (QED) is 0.855. The van der Waals surface area contributed by atoms with Crippen LogP contribution in [-0.2, 0) is 4.79 Å². The van der Waals surface area contributed by atoms with E-state index >= 15 is 0 Å². The van der Waals surface area contributed by atoms with Crippen LogP contribution >= 0.6 is 0 Å². The molecule has 7 heteroatoms. The van der Waals surface area contributed by atoms with Gasteiger partial charge in [-0.25, -0.2) is 9.18 Å². The smallest absolute Gasteiger partial charge is 0.322 e. The number of carbonyl (C=O) groups is 2. The van der Waals surface area contributed by atoms with Crippen LogP contribution in [0.5, 0.6) is 0 Å². The molecule has 3 amide bonds. The SMILES string of the molecule is CC(=O)N1C[C@H]2[C@@H](c3ccccc31)[C@@H](CO)N2C(=O)Nc1ccc(F)cc1. The molecule has 2 aromatic rings. The third-order valence-corrected chi connectivity index (χ3v) is 5.40. The second-order valence-corrected chi connectivity index (χ2v) is 6.88. The molecular formula is C20H20FN3O3. The standard InChI is InChI=1S/C20H20FN3O3/c1-12(26)23-10-17-19(15-4-2-3-5-16(15)23)18(11-25)24(17)20(27)22-14-8-6-13(21)7-9-14/h2-9,17-19,25H,10-11H2,1H3,(H,22,27)/t17-,18+,19+/m0/s1. The van der Waals surface area contributed by atoms with E-state index in [9.17, 15) is 19.1 Å². The summed E-state index contributed by atoms with van der Waals surface area (Å²) in [5.74, 6) is -0.501. The molecule has 0 spiro atoms. The van der Waals surface area contributed by atoms with E-state index in [0.717, 1.165) is 11.3 Å². The maximum atomic E-state index is 13.1. The van der Waals surface area contributed by atoms with E-state index in [1.807, 2.05) is 24.3 Å². The van der Waals surface area contributed by atoms with Crippen LogP contribution in [0, 0.1) is 5.82 Å². The molecule has 1 fully saturated rings. The summed E-state index contributed by atoms with van der Waals surface area (Å²) in [6.07, 6.45) is 0. The van der Waals surface area contributed by atoms with Gasteiger partial charge in [0, 0.05) is 30.8 Å². The molecule has 2 heterocycles. The molecular weight excluding hydrogens is 349 g/mol. The molecule has 0 saturated carbocycles. The number of rotatable bonds is 2. The maximum Gasteiger partial charge on any atom is 0.322 e. The van der Waals surface area contributed by atoms with Crippen LogP contribution in [0.2, 0.25) is 0 Å². The van der Waals surface area contributed by atoms with E-state index in [-0.39, 0.29) is 42.4 Å². The molecule has 2 aromatic carbocycles. The highest BCUT2D eigenvalue weighted by molar-refractivity contribution is 5.95. The van der Waals surface area contributed by atoms with E-state index in [2.05, 4.69) is 5.32 Å². The number of benzene rings is 2. The van der Waals surface area contributed by atoms with Gasteiger partial charge in [0.25, 0.3) is 0 Å². The van der Waals surface area contributed by atoms with Gasteiger partial charge in [-0.15, -0.1) is 0 Å². The van der Waals surface area contributed by atoms with E-state index < -0.39 is 0 Å². The topological polar surface area (TPSA) is 72.9 Å². The molecule has 2 aliphatic rings. The number of anilines is 2. The summed E-state index contributed by atoms with van der Waals surface area (Å²) in [5.41, 5.74) is 2.28. The number of fused-ring (bicyclic) bond motifs is 3. The van der Waals surface area contributed by atoms with Gasteiger partial charge in [0.1, 0.15) is 5.82 Å². The largest absolute Gasteiger partial charge is 0.394 e. The number of nitrogens with zero attached hydrogens (tertiary/aromatic N) is 2. The molecule has 0 aliphatic carbocycles. The minimum Gasteiger partial charge on any atom is -0.394 e. The van der Waals surface area contributed by atoms with Crippen molar-refractivity contribution in [2.24, 2.45) is 0 Å². The zero-order valence-corrected chi connectivity index (χ0v) is 14.8. The summed E-state index contributed by atoms with van der Waals surface area (Å²) in [6.45, 7) is 1.71. The fraction of sp³-hybridized carbons (Fsp3) is 0.300. The molecule has 0 aromatic heterocycles. The number of carbonyl (C=O) groups excluding carboxylic acids is 2. The minimum atomic E-state index is -0.383. The fourth-order valence-corrected chi connectivity index (χ4v) is 4.19. The van der Waals surface area contributed by atoms with Gasteiger partial charge in [0.2, 0.25) is 5.91 Å². The second-order valence-electron chi connectivity index (χ2n) is 6.88. The van der Waals surface area contributed by atoms with Gasteiger partial charge in [-0.1, -0.05) is 18.2 Å². The van der Waals surface area contributed by atoms with Crippen molar-refractivity contribution >= 4 is 23.3 Å². The predicted molar refractivity (Wildman–Crippen MR) is 99.1 cm³/mol. The molecule has 0 radical (unpaired) electrons. The van der Waals surface area contributed by atoms with Crippen molar-refractivity contribution in [3.63, 3.8) is 0 Å². The number of aliphatic hydroxyl groups excluding tert-OH is 1. The first kappa shape index (κ1) is 17.5. The molecule has 3 atom stereocenters. The van der Waals surface area contributed by atoms with E-state index in [1.165, 1.54) is 31.2 Å². The van der Waals surface area contributed by atoms with Crippen molar-refractivity contribution in [1.82, 2.24) is 4.90 Å². The summed E-state index contributed by atoms with van der Waals surface area (Å²) in [5, 5.41) is 12.6. The third kappa shape index (κ3) is 2.84. The molecule has 4 rings (SSSR count). The van der Waals surface area contributed by atoms with Crippen LogP contribution in [0.25, 0.3) is 0 Å². The van der Waals surface area contributed by atoms with Gasteiger partial charge in [-0.3, -0.25) is 4.79 Å². The Labute approximate surface area is 156 Å². The monoisotopic (exact) mass is 369 g/mol. The van der Waals surface area contributed by atoms with Crippen LogP contribution < -0.4 is 10.2 Å². The Morgan fingerprint density at radius 2 is 1.89 bits per heavy atom. The number of hydrogen-bond acceptors (Lipinski definition) is 3. The van der Waals surface area contributed by atoms with E-state index in [0.29, 0.717) is 12.2 Å². The lowest BCUT2D eigenvalue weighted by molar-refractivity contribution is -0.117.